The predicted molar refractivity (Wildman–Crippen MR) is 133 cm³/mol. The molecule has 9 heteroatoms. The van der Waals surface area contributed by atoms with Crippen LogP contribution in [0.1, 0.15) is 0 Å². The third-order valence-corrected chi connectivity index (χ3v) is 7.49. The van der Waals surface area contributed by atoms with E-state index in [1.165, 1.54) is 0 Å². The Morgan fingerprint density at radius 2 is 1.74 bits per heavy atom. The molecular formula is C22H15BrN6S2. The van der Waals surface area contributed by atoms with Gasteiger partial charge in [0.1, 0.15) is 11.5 Å². The van der Waals surface area contributed by atoms with Crippen LogP contribution < -0.4 is 11.5 Å². The maximum absolute atomic E-state index is 6.45. The van der Waals surface area contributed by atoms with Crippen LogP contribution in [0.5, 0.6) is 0 Å². The van der Waals surface area contributed by atoms with Crippen LogP contribution in [0.15, 0.2) is 70.2 Å². The summed E-state index contributed by atoms with van der Waals surface area (Å²) in [5.41, 5.74) is 19.0. The molecule has 0 aliphatic carbocycles. The number of benzene rings is 2. The normalized spacial score (nSPS) is 11.6. The van der Waals surface area contributed by atoms with Gasteiger partial charge in [0, 0.05) is 50.6 Å². The fourth-order valence-electron chi connectivity index (χ4n) is 3.82. The zero-order valence-electron chi connectivity index (χ0n) is 16.0. The lowest BCUT2D eigenvalue weighted by atomic mass is 9.94. The van der Waals surface area contributed by atoms with Crippen molar-refractivity contribution in [3.8, 4) is 33.6 Å². The summed E-state index contributed by atoms with van der Waals surface area (Å²) in [5.74, 6) is 0.631. The maximum Gasteiger partial charge on any atom is 0.195 e. The molecule has 0 atom stereocenters. The van der Waals surface area contributed by atoms with E-state index in [4.69, 9.17) is 21.4 Å². The van der Waals surface area contributed by atoms with Gasteiger partial charge in [0.15, 0.2) is 9.92 Å². The van der Waals surface area contributed by atoms with E-state index in [1.807, 2.05) is 62.4 Å². The molecule has 4 aromatic heterocycles. The molecule has 2 aromatic carbocycles. The van der Waals surface area contributed by atoms with Crippen molar-refractivity contribution in [3.05, 3.63) is 70.2 Å². The minimum atomic E-state index is 0.631. The molecule has 0 fully saturated rings. The Labute approximate surface area is 193 Å². The highest BCUT2D eigenvalue weighted by molar-refractivity contribution is 9.10. The molecule has 6 rings (SSSR count). The van der Waals surface area contributed by atoms with E-state index in [0.29, 0.717) is 11.5 Å². The second-order valence-electron chi connectivity index (χ2n) is 7.08. The summed E-state index contributed by atoms with van der Waals surface area (Å²) in [6.45, 7) is 0. The molecule has 31 heavy (non-hydrogen) atoms. The van der Waals surface area contributed by atoms with Gasteiger partial charge in [-0.15, -0.1) is 22.7 Å². The molecule has 4 heterocycles. The largest absolute Gasteiger partial charge is 0.398 e. The first kappa shape index (κ1) is 18.6. The maximum atomic E-state index is 6.45. The van der Waals surface area contributed by atoms with Gasteiger partial charge in [-0.05, 0) is 29.3 Å². The van der Waals surface area contributed by atoms with E-state index in [9.17, 15) is 0 Å². The molecule has 4 N–H and O–H groups in total. The molecule has 0 aliphatic heterocycles. The zero-order valence-corrected chi connectivity index (χ0v) is 19.2. The van der Waals surface area contributed by atoms with Crippen LogP contribution in [0.2, 0.25) is 0 Å². The number of rotatable bonds is 3. The summed E-state index contributed by atoms with van der Waals surface area (Å²) in [5, 5.41) is 3.99. The van der Waals surface area contributed by atoms with Crippen molar-refractivity contribution in [2.75, 3.05) is 11.5 Å². The first-order valence-electron chi connectivity index (χ1n) is 9.42. The molecule has 0 radical (unpaired) electrons. The van der Waals surface area contributed by atoms with Crippen molar-refractivity contribution in [2.24, 2.45) is 0 Å². The summed E-state index contributed by atoms with van der Waals surface area (Å²) >= 11 is 6.88. The smallest absolute Gasteiger partial charge is 0.195 e. The molecule has 0 bridgehead atoms. The van der Waals surface area contributed by atoms with Gasteiger partial charge in [-0.3, -0.25) is 8.80 Å². The third kappa shape index (κ3) is 2.88. The fraction of sp³-hybridized carbons (Fsp3) is 0. The molecule has 6 aromatic rings. The molecule has 152 valence electrons. The monoisotopic (exact) mass is 506 g/mol. The van der Waals surface area contributed by atoms with E-state index >= 15 is 0 Å². The Hall–Kier alpha value is -3.14. The van der Waals surface area contributed by atoms with Gasteiger partial charge < -0.3 is 11.5 Å². The Morgan fingerprint density at radius 3 is 2.58 bits per heavy atom. The lowest BCUT2D eigenvalue weighted by molar-refractivity contribution is 1.23. The Morgan fingerprint density at radius 1 is 0.903 bits per heavy atom. The van der Waals surface area contributed by atoms with E-state index < -0.39 is 0 Å². The van der Waals surface area contributed by atoms with Gasteiger partial charge in [0.05, 0.1) is 5.69 Å². The Balaban J connectivity index is 1.56. The number of halogens is 1. The van der Waals surface area contributed by atoms with Crippen molar-refractivity contribution in [1.82, 2.24) is 18.8 Å². The van der Waals surface area contributed by atoms with E-state index in [2.05, 4.69) is 28.1 Å². The van der Waals surface area contributed by atoms with Gasteiger partial charge in [-0.1, -0.05) is 34.1 Å². The van der Waals surface area contributed by atoms with Gasteiger partial charge in [-0.2, -0.15) is 0 Å². The number of hydrogen-bond donors (Lipinski definition) is 2. The number of anilines is 2. The molecule has 0 saturated heterocycles. The second kappa shape index (κ2) is 6.94. The average molecular weight is 507 g/mol. The highest BCUT2D eigenvalue weighted by Gasteiger charge is 2.19. The molecule has 0 aliphatic rings. The number of imidazole rings is 2. The van der Waals surface area contributed by atoms with Gasteiger partial charge in [0.2, 0.25) is 0 Å². The molecule has 6 nitrogen and oxygen atoms in total. The number of fused-ring (bicyclic) bond motifs is 2. The van der Waals surface area contributed by atoms with Crippen molar-refractivity contribution >= 4 is 60.0 Å². The highest BCUT2D eigenvalue weighted by atomic mass is 79.9. The first-order chi connectivity index (χ1) is 15.1. The number of aromatic nitrogens is 4. The van der Waals surface area contributed by atoms with Crippen LogP contribution in [0.4, 0.5) is 11.5 Å². The number of nitrogens with zero attached hydrogens (tertiary/aromatic N) is 4. The topological polar surface area (TPSA) is 86.6 Å². The minimum Gasteiger partial charge on any atom is -0.398 e. The molecule has 0 amide bonds. The van der Waals surface area contributed by atoms with E-state index in [-0.39, 0.29) is 0 Å². The summed E-state index contributed by atoms with van der Waals surface area (Å²) in [6.07, 6.45) is 5.95. The number of thiazole rings is 2. The molecule has 0 saturated carbocycles. The second-order valence-corrected chi connectivity index (χ2v) is 9.69. The van der Waals surface area contributed by atoms with Crippen LogP contribution in [0, 0.1) is 0 Å². The van der Waals surface area contributed by atoms with Crippen molar-refractivity contribution in [1.29, 1.82) is 0 Å². The zero-order chi connectivity index (χ0) is 21.1. The summed E-state index contributed by atoms with van der Waals surface area (Å²) < 4.78 is 4.88. The molecule has 0 spiro atoms. The Bertz CT molecular complexity index is 1560. The van der Waals surface area contributed by atoms with Crippen molar-refractivity contribution in [2.45, 2.75) is 0 Å². The summed E-state index contributed by atoms with van der Waals surface area (Å²) in [4.78, 5) is 11.3. The average Bonchev–Trinajstić information content (AvgIpc) is 3.51. The number of nitrogen functional groups attached to an aromatic ring is 2. The van der Waals surface area contributed by atoms with Crippen LogP contribution in [-0.4, -0.2) is 18.8 Å². The standard InChI is InChI=1S/C22H15BrN6S2/c23-15-5-4-12(19-20(25)29-7-9-31-22(29)27-19)10-14(15)13-2-1-3-16(24)18(13)17-11-28-6-8-30-21(28)26-17/h1-11H,24-25H2. The van der Waals surface area contributed by atoms with Crippen LogP contribution in [-0.2, 0) is 0 Å². The van der Waals surface area contributed by atoms with Crippen LogP contribution >= 0.6 is 38.6 Å². The summed E-state index contributed by atoms with van der Waals surface area (Å²) in [7, 11) is 0. The fourth-order valence-corrected chi connectivity index (χ4v) is 5.70. The van der Waals surface area contributed by atoms with Crippen molar-refractivity contribution in [3.63, 3.8) is 0 Å². The quantitative estimate of drug-likeness (QED) is 0.286. The van der Waals surface area contributed by atoms with Crippen molar-refractivity contribution < 1.29 is 0 Å². The predicted octanol–water partition coefficient (Wildman–Crippen LogP) is 6.03. The molecular weight excluding hydrogens is 492 g/mol. The number of nitrogens with two attached hydrogens (primary N) is 2. The molecule has 0 unspecified atom stereocenters. The van der Waals surface area contributed by atoms with E-state index in [1.54, 1.807) is 22.7 Å². The third-order valence-electron chi connectivity index (χ3n) is 5.28. The summed E-state index contributed by atoms with van der Waals surface area (Å²) in [6, 6.07) is 12.1. The number of hydrogen-bond acceptors (Lipinski definition) is 6. The lowest BCUT2D eigenvalue weighted by Gasteiger charge is -2.13. The highest BCUT2D eigenvalue weighted by Crippen LogP contribution is 2.41. The van der Waals surface area contributed by atoms with E-state index in [0.717, 1.165) is 48.0 Å². The van der Waals surface area contributed by atoms with Gasteiger partial charge >= 0.3 is 0 Å². The van der Waals surface area contributed by atoms with Gasteiger partial charge in [-0.25, -0.2) is 9.97 Å². The van der Waals surface area contributed by atoms with Crippen LogP contribution in [0.25, 0.3) is 43.6 Å². The van der Waals surface area contributed by atoms with Gasteiger partial charge in [0.25, 0.3) is 0 Å². The SMILES string of the molecule is Nc1cccc(-c2cc(-c3nc4sccn4c3N)ccc2Br)c1-c1cn2ccsc2n1. The van der Waals surface area contributed by atoms with Crippen LogP contribution in [0.3, 0.4) is 0 Å². The lowest BCUT2D eigenvalue weighted by Crippen LogP contribution is -1.95. The minimum absolute atomic E-state index is 0.631. The first-order valence-corrected chi connectivity index (χ1v) is 12.0. The Kier molecular flexibility index (Phi) is 4.17.